The number of rotatable bonds is 2. The number of hydrogen-bond donors (Lipinski definition) is 1. The summed E-state index contributed by atoms with van der Waals surface area (Å²) in [5.74, 6) is -0.688. The van der Waals surface area contributed by atoms with Gasteiger partial charge in [-0.15, -0.1) is 0 Å². The largest absolute Gasteiger partial charge is 0.398 e. The molecule has 5 heteroatoms. The highest BCUT2D eigenvalue weighted by molar-refractivity contribution is 5.99. The molecule has 18 heavy (non-hydrogen) atoms. The van der Waals surface area contributed by atoms with Crippen molar-refractivity contribution in [2.45, 2.75) is 18.9 Å². The van der Waals surface area contributed by atoms with Crippen molar-refractivity contribution >= 4 is 11.6 Å². The molecule has 0 aromatic heterocycles. The third kappa shape index (κ3) is 2.61. The van der Waals surface area contributed by atoms with Gasteiger partial charge >= 0.3 is 0 Å². The van der Waals surface area contributed by atoms with E-state index in [0.29, 0.717) is 18.9 Å². The number of benzene rings is 1. The average molecular weight is 252 g/mol. The van der Waals surface area contributed by atoms with Crippen molar-refractivity contribution in [3.05, 3.63) is 29.6 Å². The molecule has 0 spiro atoms. The van der Waals surface area contributed by atoms with Crippen LogP contribution in [0.1, 0.15) is 23.2 Å². The van der Waals surface area contributed by atoms with Crippen LogP contribution in [0.3, 0.4) is 0 Å². The summed E-state index contributed by atoms with van der Waals surface area (Å²) in [4.78, 5) is 13.9. The first-order valence-electron chi connectivity index (χ1n) is 5.99. The maximum absolute atomic E-state index is 13.2. The Labute approximate surface area is 106 Å². The van der Waals surface area contributed by atoms with Crippen LogP contribution < -0.4 is 5.73 Å². The fourth-order valence-corrected chi connectivity index (χ4v) is 2.14. The lowest BCUT2D eigenvalue weighted by molar-refractivity contribution is 0.0362. The molecule has 2 rings (SSSR count). The average Bonchev–Trinajstić information content (AvgIpc) is 2.41. The summed E-state index contributed by atoms with van der Waals surface area (Å²) in [6, 6.07) is 3.99. The molecule has 1 aliphatic heterocycles. The number of ether oxygens (including phenoxy) is 1. The van der Waals surface area contributed by atoms with Crippen LogP contribution in [0.4, 0.5) is 10.1 Å². The number of carbonyl (C=O) groups is 1. The molecular formula is C13H17FN2O2. The Balaban J connectivity index is 2.16. The van der Waals surface area contributed by atoms with Gasteiger partial charge in [0.2, 0.25) is 0 Å². The van der Waals surface area contributed by atoms with E-state index in [2.05, 4.69) is 0 Å². The van der Waals surface area contributed by atoms with Crippen molar-refractivity contribution in [2.24, 2.45) is 0 Å². The van der Waals surface area contributed by atoms with Crippen LogP contribution in [-0.2, 0) is 4.74 Å². The molecule has 0 unspecified atom stereocenters. The smallest absolute Gasteiger partial charge is 0.256 e. The van der Waals surface area contributed by atoms with Crippen molar-refractivity contribution in [2.75, 3.05) is 26.0 Å². The van der Waals surface area contributed by atoms with Crippen LogP contribution in [0.2, 0.25) is 0 Å². The predicted molar refractivity (Wildman–Crippen MR) is 66.7 cm³/mol. The number of nitrogens with zero attached hydrogens (tertiary/aromatic N) is 1. The van der Waals surface area contributed by atoms with Gasteiger partial charge in [-0.25, -0.2) is 4.39 Å². The van der Waals surface area contributed by atoms with Crippen molar-refractivity contribution in [3.8, 4) is 0 Å². The van der Waals surface area contributed by atoms with Crippen molar-refractivity contribution in [3.63, 3.8) is 0 Å². The van der Waals surface area contributed by atoms with Gasteiger partial charge in [-0.3, -0.25) is 4.79 Å². The van der Waals surface area contributed by atoms with Crippen LogP contribution in [-0.4, -0.2) is 37.1 Å². The molecule has 2 N–H and O–H groups in total. The van der Waals surface area contributed by atoms with E-state index in [4.69, 9.17) is 10.5 Å². The second-order valence-corrected chi connectivity index (χ2v) is 4.49. The Hall–Kier alpha value is -1.62. The van der Waals surface area contributed by atoms with Crippen LogP contribution in [0.15, 0.2) is 18.2 Å². The zero-order valence-corrected chi connectivity index (χ0v) is 10.4. The lowest BCUT2D eigenvalue weighted by atomic mass is 10.1. The van der Waals surface area contributed by atoms with Crippen LogP contribution >= 0.6 is 0 Å². The van der Waals surface area contributed by atoms with Gasteiger partial charge in [0.05, 0.1) is 5.56 Å². The Morgan fingerprint density at radius 1 is 1.44 bits per heavy atom. The summed E-state index contributed by atoms with van der Waals surface area (Å²) in [6.45, 7) is 1.31. The highest BCUT2D eigenvalue weighted by Gasteiger charge is 2.24. The first-order chi connectivity index (χ1) is 8.59. The molecule has 0 aliphatic carbocycles. The molecule has 1 saturated heterocycles. The second-order valence-electron chi connectivity index (χ2n) is 4.49. The van der Waals surface area contributed by atoms with Crippen LogP contribution in [0.5, 0.6) is 0 Å². The molecule has 1 fully saturated rings. The number of amides is 1. The fourth-order valence-electron chi connectivity index (χ4n) is 2.14. The third-order valence-electron chi connectivity index (χ3n) is 3.30. The zero-order valence-electron chi connectivity index (χ0n) is 10.4. The van der Waals surface area contributed by atoms with E-state index in [1.165, 1.54) is 18.2 Å². The predicted octanol–water partition coefficient (Wildman–Crippen LogP) is 1.66. The molecule has 0 atom stereocenters. The maximum Gasteiger partial charge on any atom is 0.256 e. The normalized spacial score (nSPS) is 16.6. The highest BCUT2D eigenvalue weighted by atomic mass is 19.1. The van der Waals surface area contributed by atoms with Crippen molar-refractivity contribution in [1.82, 2.24) is 4.90 Å². The Bertz CT molecular complexity index is 445. The van der Waals surface area contributed by atoms with E-state index in [9.17, 15) is 9.18 Å². The molecule has 4 nitrogen and oxygen atoms in total. The van der Waals surface area contributed by atoms with Gasteiger partial charge in [-0.05, 0) is 31.0 Å². The number of nitrogen functional groups attached to an aromatic ring is 1. The lowest BCUT2D eigenvalue weighted by Gasteiger charge is -2.31. The minimum absolute atomic E-state index is 0.133. The third-order valence-corrected chi connectivity index (χ3v) is 3.30. The summed E-state index contributed by atoms with van der Waals surface area (Å²) in [5, 5.41) is 0. The van der Waals surface area contributed by atoms with Crippen LogP contribution in [0.25, 0.3) is 0 Å². The lowest BCUT2D eigenvalue weighted by Crippen LogP contribution is -2.40. The molecule has 0 saturated carbocycles. The van der Waals surface area contributed by atoms with Crippen LogP contribution in [0, 0.1) is 5.82 Å². The maximum atomic E-state index is 13.2. The molecular weight excluding hydrogens is 235 g/mol. The molecule has 1 aromatic rings. The summed E-state index contributed by atoms with van der Waals surface area (Å²) in [6.07, 6.45) is 1.61. The van der Waals surface area contributed by atoms with Gasteiger partial charge in [-0.2, -0.15) is 0 Å². The quantitative estimate of drug-likeness (QED) is 0.814. The highest BCUT2D eigenvalue weighted by Crippen LogP contribution is 2.19. The van der Waals surface area contributed by atoms with E-state index in [1.54, 1.807) is 11.9 Å². The summed E-state index contributed by atoms with van der Waals surface area (Å²) >= 11 is 0. The number of hydrogen-bond acceptors (Lipinski definition) is 3. The minimum Gasteiger partial charge on any atom is -0.398 e. The number of carbonyl (C=O) groups excluding carboxylic acids is 1. The second kappa shape index (κ2) is 5.35. The van der Waals surface area contributed by atoms with E-state index in [-0.39, 0.29) is 17.5 Å². The first-order valence-corrected chi connectivity index (χ1v) is 5.99. The van der Waals surface area contributed by atoms with E-state index >= 15 is 0 Å². The minimum atomic E-state index is -0.451. The fraction of sp³-hybridized carbons (Fsp3) is 0.462. The summed E-state index contributed by atoms with van der Waals surface area (Å²) in [5.41, 5.74) is 6.25. The Morgan fingerprint density at radius 2 is 2.11 bits per heavy atom. The summed E-state index contributed by atoms with van der Waals surface area (Å²) < 4.78 is 18.4. The molecule has 98 valence electrons. The Morgan fingerprint density at radius 3 is 2.78 bits per heavy atom. The molecule has 1 amide bonds. The van der Waals surface area contributed by atoms with Crippen molar-refractivity contribution in [1.29, 1.82) is 0 Å². The molecule has 1 aliphatic rings. The zero-order chi connectivity index (χ0) is 13.1. The van der Waals surface area contributed by atoms with Gasteiger partial charge < -0.3 is 15.4 Å². The molecule has 1 aromatic carbocycles. The summed E-state index contributed by atoms with van der Waals surface area (Å²) in [7, 11) is 1.72. The number of anilines is 1. The Kier molecular flexibility index (Phi) is 3.81. The SMILES string of the molecule is CN(C(=O)c1cc(F)ccc1N)C1CCOCC1. The molecule has 0 radical (unpaired) electrons. The topological polar surface area (TPSA) is 55.6 Å². The molecule has 0 bridgehead atoms. The van der Waals surface area contributed by atoms with E-state index in [1.807, 2.05) is 0 Å². The monoisotopic (exact) mass is 252 g/mol. The van der Waals surface area contributed by atoms with Gasteiger partial charge in [0.1, 0.15) is 5.82 Å². The van der Waals surface area contributed by atoms with Gasteiger partial charge in [0.15, 0.2) is 0 Å². The number of nitrogens with two attached hydrogens (primary N) is 1. The van der Waals surface area contributed by atoms with E-state index < -0.39 is 5.82 Å². The number of halogens is 1. The van der Waals surface area contributed by atoms with Gasteiger partial charge in [0, 0.05) is 32.0 Å². The first kappa shape index (κ1) is 12.8. The van der Waals surface area contributed by atoms with Gasteiger partial charge in [-0.1, -0.05) is 0 Å². The van der Waals surface area contributed by atoms with Crippen molar-refractivity contribution < 1.29 is 13.9 Å². The van der Waals surface area contributed by atoms with Gasteiger partial charge in [0.25, 0.3) is 5.91 Å². The standard InChI is InChI=1S/C13H17FN2O2/c1-16(10-4-6-18-7-5-10)13(17)11-8-9(14)2-3-12(11)15/h2-3,8,10H,4-7,15H2,1H3. The molecule has 1 heterocycles. The van der Waals surface area contributed by atoms with E-state index in [0.717, 1.165) is 12.8 Å².